The summed E-state index contributed by atoms with van der Waals surface area (Å²) in [6.45, 7) is 3.99. The van der Waals surface area contributed by atoms with Crippen LogP contribution in [-0.2, 0) is 31.9 Å². The number of rotatable bonds is 10. The van der Waals surface area contributed by atoms with E-state index < -0.39 is 23.7 Å². The van der Waals surface area contributed by atoms with E-state index in [1.54, 1.807) is 13.0 Å². The molecule has 0 atom stereocenters. The standard InChI is InChI=1S/C23H25F3N2O3.C4H4O4/c1-2-30-22(29)9-5-12-27-13-6-14-28-19-8-4-3-7-17(19)16-31-21-11-10-18(15-20(21)28)23(24,25)26;5-3(6)1-2-4(7)8/h3-5,7-11,15,27H,2,6,12-14,16H2,1H3;1-2H,(H,5,6)(H,7,8)/b9-5+;2-1-. The maximum Gasteiger partial charge on any atom is 0.416 e. The molecule has 3 N–H and O–H groups in total. The van der Waals surface area contributed by atoms with Gasteiger partial charge < -0.3 is 29.9 Å². The van der Waals surface area contributed by atoms with Gasteiger partial charge in [-0.05, 0) is 44.2 Å². The normalized spacial score (nSPS) is 12.6. The molecule has 0 unspecified atom stereocenters. The number of ether oxygens (including phenoxy) is 2. The molecule has 0 spiro atoms. The van der Waals surface area contributed by atoms with E-state index in [0.717, 1.165) is 23.4 Å². The van der Waals surface area contributed by atoms with Gasteiger partial charge in [0.15, 0.2) is 0 Å². The highest BCUT2D eigenvalue weighted by Gasteiger charge is 2.33. The molecular formula is C27H29F3N2O7. The molecule has 2 aromatic carbocycles. The monoisotopic (exact) mass is 550 g/mol. The number of carboxylic acids is 2. The van der Waals surface area contributed by atoms with E-state index in [1.807, 2.05) is 29.2 Å². The highest BCUT2D eigenvalue weighted by molar-refractivity contribution is 5.89. The smallest absolute Gasteiger partial charge is 0.416 e. The molecule has 0 saturated carbocycles. The van der Waals surface area contributed by atoms with Crippen LogP contribution < -0.4 is 15.0 Å². The number of alkyl halides is 3. The van der Waals surface area contributed by atoms with Crippen LogP contribution in [-0.4, -0.2) is 54.4 Å². The minimum atomic E-state index is -4.43. The van der Waals surface area contributed by atoms with Crippen LogP contribution in [0.1, 0.15) is 24.5 Å². The maximum atomic E-state index is 13.3. The van der Waals surface area contributed by atoms with Crippen LogP contribution in [0.4, 0.5) is 24.5 Å². The Morgan fingerprint density at radius 3 is 2.38 bits per heavy atom. The molecule has 1 aliphatic rings. The van der Waals surface area contributed by atoms with Crippen molar-refractivity contribution in [3.05, 3.63) is 77.9 Å². The Hall–Kier alpha value is -4.32. The zero-order valence-electron chi connectivity index (χ0n) is 21.1. The van der Waals surface area contributed by atoms with Gasteiger partial charge in [-0.25, -0.2) is 14.4 Å². The fourth-order valence-electron chi connectivity index (χ4n) is 3.48. The Labute approximate surface area is 223 Å². The number of carboxylic acid groups (broad SMARTS) is 2. The fourth-order valence-corrected chi connectivity index (χ4v) is 3.48. The first kappa shape index (κ1) is 30.9. The highest BCUT2D eigenvalue weighted by Crippen LogP contribution is 2.42. The third-order valence-electron chi connectivity index (χ3n) is 5.15. The van der Waals surface area contributed by atoms with Crippen molar-refractivity contribution in [3.8, 4) is 5.75 Å². The lowest BCUT2D eigenvalue weighted by atomic mass is 10.1. The van der Waals surface area contributed by atoms with Crippen LogP contribution in [0.5, 0.6) is 5.75 Å². The van der Waals surface area contributed by atoms with Crippen molar-refractivity contribution >= 4 is 29.3 Å². The first-order valence-corrected chi connectivity index (χ1v) is 11.9. The molecule has 0 saturated heterocycles. The van der Waals surface area contributed by atoms with Crippen molar-refractivity contribution in [1.82, 2.24) is 5.32 Å². The van der Waals surface area contributed by atoms with E-state index in [0.29, 0.717) is 62.9 Å². The summed E-state index contributed by atoms with van der Waals surface area (Å²) >= 11 is 0. The molecular weight excluding hydrogens is 521 g/mol. The topological polar surface area (TPSA) is 125 Å². The molecule has 0 aromatic heterocycles. The maximum absolute atomic E-state index is 13.3. The molecule has 3 rings (SSSR count). The van der Waals surface area contributed by atoms with Gasteiger partial charge in [0.2, 0.25) is 0 Å². The molecule has 0 radical (unpaired) electrons. The Balaban J connectivity index is 0.000000580. The fraction of sp³-hybridized carbons (Fsp3) is 0.296. The van der Waals surface area contributed by atoms with Gasteiger partial charge in [-0.3, -0.25) is 0 Å². The number of fused-ring (bicyclic) bond motifs is 2. The summed E-state index contributed by atoms with van der Waals surface area (Å²) in [5.41, 5.74) is 1.45. The van der Waals surface area contributed by atoms with Crippen molar-refractivity contribution in [3.63, 3.8) is 0 Å². The molecule has 9 nitrogen and oxygen atoms in total. The summed E-state index contributed by atoms with van der Waals surface area (Å²) in [4.78, 5) is 32.3. The first-order chi connectivity index (χ1) is 18.5. The van der Waals surface area contributed by atoms with Crippen molar-refractivity contribution in [2.75, 3.05) is 31.1 Å². The molecule has 0 bridgehead atoms. The number of anilines is 2. The van der Waals surface area contributed by atoms with Gasteiger partial charge in [-0.1, -0.05) is 24.3 Å². The number of carbonyl (C=O) groups is 3. The molecule has 12 heteroatoms. The van der Waals surface area contributed by atoms with Crippen LogP contribution >= 0.6 is 0 Å². The van der Waals surface area contributed by atoms with E-state index in [1.165, 1.54) is 12.1 Å². The predicted octanol–water partition coefficient (Wildman–Crippen LogP) is 4.55. The number of para-hydroxylation sites is 1. The Morgan fingerprint density at radius 1 is 1.05 bits per heavy atom. The zero-order valence-corrected chi connectivity index (χ0v) is 21.1. The number of nitrogens with one attached hydrogen (secondary N) is 1. The summed E-state index contributed by atoms with van der Waals surface area (Å²) in [5, 5.41) is 18.8. The van der Waals surface area contributed by atoms with E-state index in [2.05, 4.69) is 5.32 Å². The number of hydrogen-bond donors (Lipinski definition) is 3. The number of nitrogens with zero attached hydrogens (tertiary/aromatic N) is 1. The molecule has 0 amide bonds. The quantitative estimate of drug-likeness (QED) is 0.222. The second-order valence-corrected chi connectivity index (χ2v) is 7.97. The molecule has 1 heterocycles. The highest BCUT2D eigenvalue weighted by atomic mass is 19.4. The van der Waals surface area contributed by atoms with Crippen LogP contribution in [0.2, 0.25) is 0 Å². The summed E-state index contributed by atoms with van der Waals surface area (Å²) < 4.78 is 50.5. The summed E-state index contributed by atoms with van der Waals surface area (Å²) in [5.74, 6) is -2.48. The SMILES string of the molecule is CCOC(=O)/C=C/CNCCCN1c2ccccc2COc2ccc(C(F)(F)F)cc21.O=C(O)/C=C\C(=O)O. The largest absolute Gasteiger partial charge is 0.487 e. The minimum absolute atomic E-state index is 0.294. The summed E-state index contributed by atoms with van der Waals surface area (Å²) in [7, 11) is 0. The lowest BCUT2D eigenvalue weighted by Gasteiger charge is -2.26. The molecule has 39 heavy (non-hydrogen) atoms. The zero-order chi connectivity index (χ0) is 28.8. The van der Waals surface area contributed by atoms with Crippen molar-refractivity contribution < 1.29 is 47.2 Å². The predicted molar refractivity (Wildman–Crippen MR) is 137 cm³/mol. The molecule has 210 valence electrons. The summed E-state index contributed by atoms with van der Waals surface area (Å²) in [6.07, 6.45) is 0.410. The molecule has 1 aliphatic heterocycles. The van der Waals surface area contributed by atoms with Gasteiger partial charge in [-0.2, -0.15) is 13.2 Å². The first-order valence-electron chi connectivity index (χ1n) is 11.9. The van der Waals surface area contributed by atoms with Crippen molar-refractivity contribution in [2.24, 2.45) is 0 Å². The van der Waals surface area contributed by atoms with Gasteiger partial charge in [0.05, 0.1) is 17.9 Å². The minimum Gasteiger partial charge on any atom is -0.487 e. The number of esters is 1. The van der Waals surface area contributed by atoms with E-state index in [9.17, 15) is 27.6 Å². The third-order valence-corrected chi connectivity index (χ3v) is 5.15. The molecule has 2 aromatic rings. The van der Waals surface area contributed by atoms with Crippen LogP contribution in [0, 0.1) is 0 Å². The van der Waals surface area contributed by atoms with Gasteiger partial charge in [0.1, 0.15) is 12.4 Å². The number of halogens is 3. The Kier molecular flexibility index (Phi) is 12.0. The van der Waals surface area contributed by atoms with Crippen molar-refractivity contribution in [2.45, 2.75) is 26.1 Å². The van der Waals surface area contributed by atoms with Crippen LogP contribution in [0.3, 0.4) is 0 Å². The van der Waals surface area contributed by atoms with Crippen LogP contribution in [0.25, 0.3) is 0 Å². The van der Waals surface area contributed by atoms with E-state index >= 15 is 0 Å². The average molecular weight is 551 g/mol. The van der Waals surface area contributed by atoms with Crippen molar-refractivity contribution in [1.29, 1.82) is 0 Å². The Bertz CT molecular complexity index is 1180. The van der Waals surface area contributed by atoms with Gasteiger partial charge >= 0.3 is 24.1 Å². The number of aliphatic carboxylic acids is 2. The third kappa shape index (κ3) is 10.5. The number of hydrogen-bond acceptors (Lipinski definition) is 7. The lowest BCUT2D eigenvalue weighted by Crippen LogP contribution is -2.24. The van der Waals surface area contributed by atoms with Gasteiger partial charge in [-0.15, -0.1) is 0 Å². The van der Waals surface area contributed by atoms with E-state index in [4.69, 9.17) is 19.7 Å². The summed E-state index contributed by atoms with van der Waals surface area (Å²) in [6, 6.07) is 11.1. The lowest BCUT2D eigenvalue weighted by molar-refractivity contribution is -0.138. The Morgan fingerprint density at radius 2 is 1.74 bits per heavy atom. The second kappa shape index (κ2) is 15.2. The average Bonchev–Trinajstić information content (AvgIpc) is 3.03. The van der Waals surface area contributed by atoms with Crippen LogP contribution in [0.15, 0.2) is 66.8 Å². The van der Waals surface area contributed by atoms with Gasteiger partial charge in [0, 0.05) is 42.6 Å². The number of benzene rings is 2. The van der Waals surface area contributed by atoms with E-state index in [-0.39, 0.29) is 5.97 Å². The second-order valence-electron chi connectivity index (χ2n) is 7.97. The number of carbonyl (C=O) groups excluding carboxylic acids is 1. The molecule has 0 aliphatic carbocycles. The molecule has 0 fully saturated rings. The van der Waals surface area contributed by atoms with Gasteiger partial charge in [0.25, 0.3) is 0 Å².